The van der Waals surface area contributed by atoms with Crippen molar-refractivity contribution in [3.8, 4) is 6.07 Å². The first-order valence-corrected chi connectivity index (χ1v) is 6.69. The highest BCUT2D eigenvalue weighted by molar-refractivity contribution is 7.08. The van der Waals surface area contributed by atoms with Crippen LogP contribution in [0.25, 0.3) is 6.08 Å². The Morgan fingerprint density at radius 2 is 2.11 bits per heavy atom. The predicted molar refractivity (Wildman–Crippen MR) is 77.7 cm³/mol. The van der Waals surface area contributed by atoms with E-state index >= 15 is 0 Å². The number of anilines is 1. The van der Waals surface area contributed by atoms with Crippen LogP contribution in [0.4, 0.5) is 5.69 Å². The molecule has 3 nitrogen and oxygen atoms in total. The molecule has 0 saturated carbocycles. The first-order valence-electron chi connectivity index (χ1n) is 5.75. The van der Waals surface area contributed by atoms with E-state index in [9.17, 15) is 4.79 Å². The Bertz CT molecular complexity index is 607. The van der Waals surface area contributed by atoms with Crippen LogP contribution in [0.5, 0.6) is 0 Å². The highest BCUT2D eigenvalue weighted by Crippen LogP contribution is 2.11. The Kier molecular flexibility index (Phi) is 4.49. The standard InChI is InChI=1S/C15H12N2OS/c16-9-7-12-1-4-14(5-2-12)17-15(18)6-3-13-8-10-19-11-13/h1-6,8,10-11H,7H2,(H,17,18). The smallest absolute Gasteiger partial charge is 0.248 e. The van der Waals surface area contributed by atoms with Gasteiger partial charge in [0.2, 0.25) is 5.91 Å². The molecule has 0 saturated heterocycles. The molecule has 4 heteroatoms. The summed E-state index contributed by atoms with van der Waals surface area (Å²) in [6.07, 6.45) is 3.66. The number of benzene rings is 1. The second-order valence-corrected chi connectivity index (χ2v) is 4.69. The zero-order valence-corrected chi connectivity index (χ0v) is 11.0. The van der Waals surface area contributed by atoms with Crippen molar-refractivity contribution in [1.82, 2.24) is 0 Å². The average molecular weight is 268 g/mol. The predicted octanol–water partition coefficient (Wildman–Crippen LogP) is 3.47. The molecule has 0 spiro atoms. The summed E-state index contributed by atoms with van der Waals surface area (Å²) in [5, 5.41) is 15.3. The van der Waals surface area contributed by atoms with Gasteiger partial charge in [-0.05, 0) is 46.2 Å². The van der Waals surface area contributed by atoms with Gasteiger partial charge in [-0.15, -0.1) is 0 Å². The van der Waals surface area contributed by atoms with Crippen molar-refractivity contribution in [3.63, 3.8) is 0 Å². The van der Waals surface area contributed by atoms with Crippen LogP contribution < -0.4 is 5.32 Å². The molecule has 2 aromatic rings. The van der Waals surface area contributed by atoms with Gasteiger partial charge in [-0.1, -0.05) is 12.1 Å². The molecular formula is C15H12N2OS. The van der Waals surface area contributed by atoms with Crippen molar-refractivity contribution < 1.29 is 4.79 Å². The molecule has 0 aliphatic carbocycles. The van der Waals surface area contributed by atoms with E-state index in [-0.39, 0.29) is 5.91 Å². The number of nitrogens with zero attached hydrogens (tertiary/aromatic N) is 1. The molecule has 0 atom stereocenters. The number of carbonyl (C=O) groups excluding carboxylic acids is 1. The normalized spacial score (nSPS) is 10.3. The second-order valence-electron chi connectivity index (χ2n) is 3.91. The lowest BCUT2D eigenvalue weighted by atomic mass is 10.1. The average Bonchev–Trinajstić information content (AvgIpc) is 2.92. The minimum absolute atomic E-state index is 0.167. The quantitative estimate of drug-likeness (QED) is 0.863. The maximum Gasteiger partial charge on any atom is 0.248 e. The van der Waals surface area contributed by atoms with Gasteiger partial charge in [0.1, 0.15) is 0 Å². The molecule has 1 aromatic carbocycles. The van der Waals surface area contributed by atoms with Crippen LogP contribution in [0.1, 0.15) is 11.1 Å². The fraction of sp³-hybridized carbons (Fsp3) is 0.0667. The van der Waals surface area contributed by atoms with Crippen molar-refractivity contribution in [2.24, 2.45) is 0 Å². The summed E-state index contributed by atoms with van der Waals surface area (Å²) >= 11 is 1.59. The lowest BCUT2D eigenvalue weighted by Crippen LogP contribution is -2.07. The third-order valence-corrected chi connectivity index (χ3v) is 3.18. The van der Waals surface area contributed by atoms with Gasteiger partial charge in [0.15, 0.2) is 0 Å². The largest absolute Gasteiger partial charge is 0.323 e. The maximum absolute atomic E-state index is 11.7. The Labute approximate surface area is 115 Å². The van der Waals surface area contributed by atoms with Gasteiger partial charge >= 0.3 is 0 Å². The van der Waals surface area contributed by atoms with Crippen LogP contribution in [0.15, 0.2) is 47.2 Å². The third-order valence-electron chi connectivity index (χ3n) is 2.47. The summed E-state index contributed by atoms with van der Waals surface area (Å²) < 4.78 is 0. The van der Waals surface area contributed by atoms with Gasteiger partial charge in [0.05, 0.1) is 12.5 Å². The van der Waals surface area contributed by atoms with Gasteiger partial charge in [-0.25, -0.2) is 0 Å². The van der Waals surface area contributed by atoms with E-state index in [1.54, 1.807) is 29.5 Å². The Balaban J connectivity index is 1.93. The van der Waals surface area contributed by atoms with Gasteiger partial charge < -0.3 is 5.32 Å². The highest BCUT2D eigenvalue weighted by atomic mass is 32.1. The molecule has 0 aliphatic rings. The molecule has 19 heavy (non-hydrogen) atoms. The summed E-state index contributed by atoms with van der Waals surface area (Å²) in [7, 11) is 0. The first-order chi connectivity index (χ1) is 9.28. The molecule has 2 rings (SSSR count). The number of hydrogen-bond acceptors (Lipinski definition) is 3. The van der Waals surface area contributed by atoms with Crippen molar-refractivity contribution >= 4 is 29.0 Å². The van der Waals surface area contributed by atoms with E-state index in [4.69, 9.17) is 5.26 Å². The lowest BCUT2D eigenvalue weighted by molar-refractivity contribution is -0.111. The Hall–Kier alpha value is -2.38. The van der Waals surface area contributed by atoms with Crippen molar-refractivity contribution in [2.45, 2.75) is 6.42 Å². The summed E-state index contributed by atoms with van der Waals surface area (Å²) in [6.45, 7) is 0. The van der Waals surface area contributed by atoms with Crippen LogP contribution in [0.3, 0.4) is 0 Å². The Morgan fingerprint density at radius 1 is 1.32 bits per heavy atom. The molecule has 1 aromatic heterocycles. The molecular weight excluding hydrogens is 256 g/mol. The molecule has 0 bridgehead atoms. The number of nitrogens with one attached hydrogen (secondary N) is 1. The van der Waals surface area contributed by atoms with E-state index in [0.717, 1.165) is 16.8 Å². The molecule has 0 fully saturated rings. The maximum atomic E-state index is 11.7. The number of amides is 1. The number of carbonyl (C=O) groups is 1. The van der Waals surface area contributed by atoms with Crippen molar-refractivity contribution in [1.29, 1.82) is 5.26 Å². The second kappa shape index (κ2) is 6.53. The minimum atomic E-state index is -0.167. The van der Waals surface area contributed by atoms with Crippen LogP contribution in [-0.2, 0) is 11.2 Å². The van der Waals surface area contributed by atoms with E-state index in [1.807, 2.05) is 29.0 Å². The zero-order valence-electron chi connectivity index (χ0n) is 10.2. The number of nitriles is 1. The number of thiophene rings is 1. The molecule has 94 valence electrons. The zero-order chi connectivity index (χ0) is 13.5. The fourth-order valence-electron chi connectivity index (χ4n) is 1.52. The van der Waals surface area contributed by atoms with Crippen molar-refractivity contribution in [2.75, 3.05) is 5.32 Å². The van der Waals surface area contributed by atoms with Gasteiger partial charge in [0.25, 0.3) is 0 Å². The van der Waals surface area contributed by atoms with E-state index in [2.05, 4.69) is 11.4 Å². The third kappa shape index (κ3) is 4.09. The molecule has 1 amide bonds. The summed E-state index contributed by atoms with van der Waals surface area (Å²) in [5.41, 5.74) is 2.68. The topological polar surface area (TPSA) is 52.9 Å². The summed E-state index contributed by atoms with van der Waals surface area (Å²) in [6, 6.07) is 11.3. The number of hydrogen-bond donors (Lipinski definition) is 1. The summed E-state index contributed by atoms with van der Waals surface area (Å²) in [4.78, 5) is 11.7. The first kappa shape index (κ1) is 13.1. The molecule has 0 radical (unpaired) electrons. The van der Waals surface area contributed by atoms with Crippen LogP contribution in [0.2, 0.25) is 0 Å². The Morgan fingerprint density at radius 3 is 2.74 bits per heavy atom. The van der Waals surface area contributed by atoms with E-state index in [1.165, 1.54) is 6.08 Å². The number of rotatable bonds is 4. The van der Waals surface area contributed by atoms with Crippen LogP contribution in [-0.4, -0.2) is 5.91 Å². The lowest BCUT2D eigenvalue weighted by Gasteiger charge is -2.02. The van der Waals surface area contributed by atoms with Crippen LogP contribution in [0, 0.1) is 11.3 Å². The van der Waals surface area contributed by atoms with E-state index < -0.39 is 0 Å². The van der Waals surface area contributed by atoms with Gasteiger partial charge in [-0.3, -0.25) is 4.79 Å². The molecule has 1 heterocycles. The minimum Gasteiger partial charge on any atom is -0.323 e. The fourth-order valence-corrected chi connectivity index (χ4v) is 2.15. The monoisotopic (exact) mass is 268 g/mol. The van der Waals surface area contributed by atoms with Crippen molar-refractivity contribution in [3.05, 3.63) is 58.3 Å². The van der Waals surface area contributed by atoms with Crippen LogP contribution >= 0.6 is 11.3 Å². The molecule has 0 unspecified atom stereocenters. The molecule has 0 aliphatic heterocycles. The van der Waals surface area contributed by atoms with Gasteiger partial charge in [-0.2, -0.15) is 16.6 Å². The SMILES string of the molecule is N#CCc1ccc(NC(=O)C=Cc2ccsc2)cc1. The highest BCUT2D eigenvalue weighted by Gasteiger charge is 1.98. The van der Waals surface area contributed by atoms with E-state index in [0.29, 0.717) is 6.42 Å². The summed E-state index contributed by atoms with van der Waals surface area (Å²) in [5.74, 6) is -0.167. The van der Waals surface area contributed by atoms with Gasteiger partial charge in [0, 0.05) is 11.8 Å². The molecule has 1 N–H and O–H groups in total.